The first-order valence-corrected chi connectivity index (χ1v) is 11.0. The molecule has 33 heavy (non-hydrogen) atoms. The summed E-state index contributed by atoms with van der Waals surface area (Å²) in [5, 5.41) is 11.5. The Bertz CT molecular complexity index is 1130. The van der Waals surface area contributed by atoms with E-state index in [0.717, 1.165) is 30.8 Å². The normalized spacial score (nSPS) is 16.2. The number of carbonyl (C=O) groups excluding carboxylic acids is 1. The highest BCUT2D eigenvalue weighted by atomic mass is 16.4. The third-order valence-corrected chi connectivity index (χ3v) is 5.81. The van der Waals surface area contributed by atoms with Crippen LogP contribution < -0.4 is 16.0 Å². The van der Waals surface area contributed by atoms with Crippen LogP contribution in [0.2, 0.25) is 0 Å². The molecule has 4 rings (SSSR count). The number of nitrogens with zero attached hydrogens (tertiary/aromatic N) is 6. The van der Waals surface area contributed by atoms with Crippen molar-refractivity contribution in [2.24, 2.45) is 0 Å². The lowest BCUT2D eigenvalue weighted by Gasteiger charge is -2.47. The van der Waals surface area contributed by atoms with E-state index < -0.39 is 0 Å². The summed E-state index contributed by atoms with van der Waals surface area (Å²) in [4.78, 5) is 25.0. The Morgan fingerprint density at radius 1 is 1.18 bits per heavy atom. The number of benzene rings is 1. The summed E-state index contributed by atoms with van der Waals surface area (Å²) in [7, 11) is 1.91. The summed E-state index contributed by atoms with van der Waals surface area (Å²) >= 11 is 0. The number of aromatic nitrogens is 4. The van der Waals surface area contributed by atoms with E-state index in [-0.39, 0.29) is 23.0 Å². The number of hydrogen-bond acceptors (Lipinski definition) is 10. The van der Waals surface area contributed by atoms with E-state index in [1.807, 2.05) is 31.3 Å². The molecular weight excluding hydrogens is 420 g/mol. The Kier molecular flexibility index (Phi) is 6.39. The van der Waals surface area contributed by atoms with Gasteiger partial charge in [-0.2, -0.15) is 0 Å². The second kappa shape index (κ2) is 9.24. The fraction of sp³-hybridized carbons (Fsp3) is 0.435. The molecule has 1 fully saturated rings. The van der Waals surface area contributed by atoms with Crippen molar-refractivity contribution in [2.75, 3.05) is 43.9 Å². The predicted molar refractivity (Wildman–Crippen MR) is 126 cm³/mol. The van der Waals surface area contributed by atoms with Gasteiger partial charge in [0.1, 0.15) is 11.6 Å². The summed E-state index contributed by atoms with van der Waals surface area (Å²) in [5.74, 6) is 1.70. The zero-order chi connectivity index (χ0) is 23.6. The fourth-order valence-corrected chi connectivity index (χ4v) is 4.05. The van der Waals surface area contributed by atoms with Gasteiger partial charge in [-0.1, -0.05) is 12.1 Å². The number of hydrogen-bond donors (Lipinski definition) is 2. The minimum absolute atomic E-state index is 0.162. The topological polar surface area (TPSA) is 126 Å². The molecule has 0 amide bonds. The van der Waals surface area contributed by atoms with Gasteiger partial charge in [0.2, 0.25) is 5.89 Å². The monoisotopic (exact) mass is 450 g/mol. The molecule has 0 unspecified atom stereocenters. The molecule has 10 nitrogen and oxygen atoms in total. The first-order valence-electron chi connectivity index (χ1n) is 11.0. The molecule has 0 spiro atoms. The van der Waals surface area contributed by atoms with E-state index in [1.165, 1.54) is 0 Å². The minimum Gasteiger partial charge on any atom is -0.414 e. The van der Waals surface area contributed by atoms with Crippen LogP contribution in [0.4, 0.5) is 11.6 Å². The van der Waals surface area contributed by atoms with Crippen molar-refractivity contribution < 1.29 is 9.21 Å². The van der Waals surface area contributed by atoms with Gasteiger partial charge in [0.25, 0.3) is 5.89 Å². The van der Waals surface area contributed by atoms with Gasteiger partial charge in [-0.15, -0.1) is 10.2 Å². The molecule has 3 heterocycles. The molecular formula is C23H30N8O2. The number of nitrogen functional groups attached to an aromatic ring is 1. The zero-order valence-electron chi connectivity index (χ0n) is 19.5. The van der Waals surface area contributed by atoms with E-state index in [4.69, 9.17) is 15.1 Å². The highest BCUT2D eigenvalue weighted by molar-refractivity contribution is 5.77. The van der Waals surface area contributed by atoms with E-state index in [1.54, 1.807) is 13.1 Å². The maximum atomic E-state index is 11.6. The Balaban J connectivity index is 1.55. The first-order chi connectivity index (χ1) is 15.8. The predicted octanol–water partition coefficient (Wildman–Crippen LogP) is 1.98. The summed E-state index contributed by atoms with van der Waals surface area (Å²) in [6.45, 7) is 9.28. The van der Waals surface area contributed by atoms with Crippen LogP contribution in [0.5, 0.6) is 0 Å². The second-order valence-electron chi connectivity index (χ2n) is 8.96. The molecule has 1 aliphatic rings. The zero-order valence-corrected chi connectivity index (χ0v) is 19.5. The summed E-state index contributed by atoms with van der Waals surface area (Å²) in [6, 6.07) is 7.91. The maximum absolute atomic E-state index is 11.6. The van der Waals surface area contributed by atoms with Crippen LogP contribution >= 0.6 is 0 Å². The number of carbonyl (C=O) groups is 1. The van der Waals surface area contributed by atoms with Crippen molar-refractivity contribution in [3.05, 3.63) is 36.0 Å². The molecule has 0 atom stereocenters. The van der Waals surface area contributed by atoms with Crippen LogP contribution in [0, 0.1) is 0 Å². The van der Waals surface area contributed by atoms with Crippen molar-refractivity contribution in [1.82, 2.24) is 30.4 Å². The molecule has 174 valence electrons. The molecule has 1 saturated heterocycles. The summed E-state index contributed by atoms with van der Waals surface area (Å²) in [5.41, 5.74) is 8.26. The van der Waals surface area contributed by atoms with Crippen molar-refractivity contribution in [2.45, 2.75) is 32.9 Å². The smallest absolute Gasteiger partial charge is 0.270 e. The molecule has 2 aromatic heterocycles. The number of nitrogens with one attached hydrogen (secondary N) is 1. The van der Waals surface area contributed by atoms with Gasteiger partial charge < -0.3 is 20.4 Å². The molecule has 0 aliphatic carbocycles. The molecule has 10 heteroatoms. The van der Waals surface area contributed by atoms with Crippen molar-refractivity contribution in [3.63, 3.8) is 0 Å². The molecule has 3 aromatic rings. The van der Waals surface area contributed by atoms with Crippen LogP contribution in [0.1, 0.15) is 26.3 Å². The molecule has 0 saturated carbocycles. The van der Waals surface area contributed by atoms with E-state index in [9.17, 15) is 4.79 Å². The fourth-order valence-electron chi connectivity index (χ4n) is 4.05. The van der Waals surface area contributed by atoms with Crippen molar-refractivity contribution >= 4 is 17.4 Å². The lowest BCUT2D eigenvalue weighted by Crippen LogP contribution is -2.60. The van der Waals surface area contributed by atoms with Crippen molar-refractivity contribution in [1.29, 1.82) is 0 Å². The van der Waals surface area contributed by atoms with Gasteiger partial charge in [0, 0.05) is 37.3 Å². The van der Waals surface area contributed by atoms with Gasteiger partial charge in [-0.3, -0.25) is 9.69 Å². The Morgan fingerprint density at radius 3 is 2.58 bits per heavy atom. The van der Waals surface area contributed by atoms with Crippen LogP contribution in [-0.2, 0) is 11.3 Å². The number of piperazine rings is 1. The third kappa shape index (κ3) is 5.01. The first kappa shape index (κ1) is 22.8. The van der Waals surface area contributed by atoms with Gasteiger partial charge in [0.05, 0.1) is 12.7 Å². The van der Waals surface area contributed by atoms with Crippen molar-refractivity contribution in [3.8, 4) is 23.0 Å². The molecule has 3 N–H and O–H groups in total. The largest absolute Gasteiger partial charge is 0.414 e. The summed E-state index contributed by atoms with van der Waals surface area (Å²) < 4.78 is 5.90. The SMILES string of the molecule is CNCc1ccc(-c2nnc(-c3nc(N4CCN(CC(C)=O)C(C)(C)C4)cnc3N)o2)cc1. The number of ketones is 1. The number of anilines is 2. The highest BCUT2D eigenvalue weighted by Gasteiger charge is 2.35. The van der Waals surface area contributed by atoms with Crippen LogP contribution in [0.25, 0.3) is 23.0 Å². The average Bonchev–Trinajstić information content (AvgIpc) is 3.26. The van der Waals surface area contributed by atoms with Crippen LogP contribution in [0.15, 0.2) is 34.9 Å². The Hall–Kier alpha value is -3.37. The average molecular weight is 451 g/mol. The van der Waals surface area contributed by atoms with Crippen LogP contribution in [0.3, 0.4) is 0 Å². The number of nitrogens with two attached hydrogens (primary N) is 1. The highest BCUT2D eigenvalue weighted by Crippen LogP contribution is 2.29. The minimum atomic E-state index is -0.190. The maximum Gasteiger partial charge on any atom is 0.270 e. The molecule has 1 aliphatic heterocycles. The van der Waals surface area contributed by atoms with Gasteiger partial charge in [0.15, 0.2) is 11.5 Å². The van der Waals surface area contributed by atoms with E-state index >= 15 is 0 Å². The quantitative estimate of drug-likeness (QED) is 0.552. The molecule has 0 radical (unpaired) electrons. The van der Waals surface area contributed by atoms with Crippen LogP contribution in [-0.4, -0.2) is 69.6 Å². The Labute approximate surface area is 193 Å². The molecule has 0 bridgehead atoms. The lowest BCUT2D eigenvalue weighted by atomic mass is 9.98. The summed E-state index contributed by atoms with van der Waals surface area (Å²) in [6.07, 6.45) is 1.66. The number of rotatable bonds is 7. The second-order valence-corrected chi connectivity index (χ2v) is 8.96. The van der Waals surface area contributed by atoms with E-state index in [2.05, 4.69) is 44.1 Å². The van der Waals surface area contributed by atoms with Gasteiger partial charge in [-0.05, 0) is 45.5 Å². The standard InChI is InChI=1S/C23H30N8O2/c1-15(32)13-31-10-9-30(14-23(31,2)3)18-12-26-20(24)19(27-18)22-29-28-21(33-22)17-7-5-16(6-8-17)11-25-4/h5-8,12,25H,9-11,13-14H2,1-4H3,(H2,24,26). The molecule has 1 aromatic carbocycles. The van der Waals surface area contributed by atoms with Gasteiger partial charge in [-0.25, -0.2) is 9.97 Å². The Morgan fingerprint density at radius 2 is 1.91 bits per heavy atom. The van der Waals surface area contributed by atoms with Gasteiger partial charge >= 0.3 is 0 Å². The third-order valence-electron chi connectivity index (χ3n) is 5.81. The lowest BCUT2D eigenvalue weighted by molar-refractivity contribution is -0.119. The number of Topliss-reactive ketones (excluding diaryl/α,β-unsaturated/α-hetero) is 1. The van der Waals surface area contributed by atoms with E-state index in [0.29, 0.717) is 30.5 Å².